The Morgan fingerprint density at radius 3 is 2.69 bits per heavy atom. The Hall–Kier alpha value is -1.57. The van der Waals surface area contributed by atoms with Crippen molar-refractivity contribution in [2.45, 2.75) is 44.7 Å². The van der Waals surface area contributed by atoms with Crippen molar-refractivity contribution in [3.05, 3.63) is 47.5 Å². The quantitative estimate of drug-likeness (QED) is 0.230. The Morgan fingerprint density at radius 1 is 1.23 bits per heavy atom. The second-order valence-corrected chi connectivity index (χ2v) is 6.72. The summed E-state index contributed by atoms with van der Waals surface area (Å²) >= 11 is 0. The molecule has 26 heavy (non-hydrogen) atoms. The molecule has 2 aliphatic rings. The fourth-order valence-corrected chi connectivity index (χ4v) is 3.44. The molecule has 1 aromatic carbocycles. The van der Waals surface area contributed by atoms with Crippen LogP contribution < -0.4 is 10.6 Å². The van der Waals surface area contributed by atoms with Gasteiger partial charge in [0, 0.05) is 39.1 Å². The van der Waals surface area contributed by atoms with Gasteiger partial charge in [0.15, 0.2) is 5.96 Å². The zero-order valence-corrected chi connectivity index (χ0v) is 17.7. The van der Waals surface area contributed by atoms with Gasteiger partial charge in [-0.15, -0.1) is 24.0 Å². The minimum atomic E-state index is 0. The maximum Gasteiger partial charge on any atom is 0.222 e. The van der Waals surface area contributed by atoms with Crippen molar-refractivity contribution in [3.63, 3.8) is 0 Å². The smallest absolute Gasteiger partial charge is 0.222 e. The fourth-order valence-electron chi connectivity index (χ4n) is 3.44. The molecule has 1 heterocycles. The van der Waals surface area contributed by atoms with Crippen LogP contribution in [-0.2, 0) is 17.8 Å². The average Bonchev–Trinajstić information content (AvgIpc) is 3.16. The first kappa shape index (κ1) is 20.7. The van der Waals surface area contributed by atoms with Crippen molar-refractivity contribution in [2.75, 3.05) is 20.1 Å². The van der Waals surface area contributed by atoms with Crippen LogP contribution in [0.25, 0.3) is 0 Å². The number of carbonyl (C=O) groups is 1. The van der Waals surface area contributed by atoms with Crippen molar-refractivity contribution in [1.82, 2.24) is 15.5 Å². The molecule has 3 rings (SSSR count). The number of guanidine groups is 1. The molecule has 2 N–H and O–H groups in total. The molecule has 0 aromatic heterocycles. The number of nitrogens with zero attached hydrogens (tertiary/aromatic N) is 2. The molecule has 142 valence electrons. The van der Waals surface area contributed by atoms with Gasteiger partial charge in [-0.3, -0.25) is 9.79 Å². The lowest BCUT2D eigenvalue weighted by Gasteiger charge is -2.29. The predicted molar refractivity (Wildman–Crippen MR) is 117 cm³/mol. The first-order valence-corrected chi connectivity index (χ1v) is 9.23. The average molecular weight is 468 g/mol. The number of hydrogen-bond donors (Lipinski definition) is 2. The van der Waals surface area contributed by atoms with Crippen LogP contribution in [0.3, 0.4) is 0 Å². The lowest BCUT2D eigenvalue weighted by molar-refractivity contribution is -0.132. The monoisotopic (exact) mass is 468 g/mol. The Morgan fingerprint density at radius 2 is 1.96 bits per heavy atom. The van der Waals surface area contributed by atoms with E-state index in [9.17, 15) is 4.79 Å². The standard InChI is InChI=1S/C20H28N4O.HI/c1-21-20(23-18-9-4-5-10-18)22-13-6-11-19(25)24-14-12-16-7-2-3-8-17(16)15-24;/h2-5,7-8,18H,6,9-15H2,1H3,(H2,21,22,23);1H. The van der Waals surface area contributed by atoms with Gasteiger partial charge in [0.1, 0.15) is 0 Å². The summed E-state index contributed by atoms with van der Waals surface area (Å²) in [6, 6.07) is 8.87. The molecular weight excluding hydrogens is 439 g/mol. The molecule has 0 radical (unpaired) electrons. The summed E-state index contributed by atoms with van der Waals surface area (Å²) < 4.78 is 0. The summed E-state index contributed by atoms with van der Waals surface area (Å²) in [5.41, 5.74) is 2.67. The first-order valence-electron chi connectivity index (χ1n) is 9.23. The molecule has 0 bridgehead atoms. The van der Waals surface area contributed by atoms with Crippen molar-refractivity contribution in [1.29, 1.82) is 0 Å². The molecular formula is C20H29IN4O. The summed E-state index contributed by atoms with van der Waals surface area (Å²) in [7, 11) is 1.79. The van der Waals surface area contributed by atoms with Gasteiger partial charge >= 0.3 is 0 Å². The van der Waals surface area contributed by atoms with Gasteiger partial charge in [-0.2, -0.15) is 0 Å². The van der Waals surface area contributed by atoms with Gasteiger partial charge in [-0.05, 0) is 36.8 Å². The maximum atomic E-state index is 12.4. The number of halogens is 1. The van der Waals surface area contributed by atoms with Gasteiger partial charge in [0.2, 0.25) is 5.91 Å². The molecule has 1 aliphatic heterocycles. The van der Waals surface area contributed by atoms with Gasteiger partial charge in [-0.25, -0.2) is 0 Å². The van der Waals surface area contributed by atoms with Crippen molar-refractivity contribution >= 4 is 35.8 Å². The van der Waals surface area contributed by atoms with Crippen LogP contribution in [0.4, 0.5) is 0 Å². The van der Waals surface area contributed by atoms with Crippen molar-refractivity contribution < 1.29 is 4.79 Å². The summed E-state index contributed by atoms with van der Waals surface area (Å²) in [6.07, 6.45) is 8.86. The second kappa shape index (κ2) is 10.5. The molecule has 0 saturated carbocycles. The van der Waals surface area contributed by atoms with E-state index in [1.807, 2.05) is 4.90 Å². The Bertz CT molecular complexity index is 651. The van der Waals surface area contributed by atoms with Crippen LogP contribution in [-0.4, -0.2) is 42.9 Å². The highest BCUT2D eigenvalue weighted by atomic mass is 127. The molecule has 1 aliphatic carbocycles. The molecule has 0 spiro atoms. The molecule has 1 aromatic rings. The van der Waals surface area contributed by atoms with Crippen LogP contribution >= 0.6 is 24.0 Å². The Kier molecular flexibility index (Phi) is 8.41. The molecule has 5 nitrogen and oxygen atoms in total. The van der Waals surface area contributed by atoms with Gasteiger partial charge in [-0.1, -0.05) is 36.4 Å². The first-order chi connectivity index (χ1) is 12.3. The van der Waals surface area contributed by atoms with Crippen LogP contribution in [0.2, 0.25) is 0 Å². The van der Waals surface area contributed by atoms with Crippen molar-refractivity contribution in [2.24, 2.45) is 4.99 Å². The third-order valence-electron chi connectivity index (χ3n) is 4.92. The predicted octanol–water partition coefficient (Wildman–Crippen LogP) is 2.85. The third kappa shape index (κ3) is 5.72. The van der Waals surface area contributed by atoms with Crippen LogP contribution in [0.1, 0.15) is 36.8 Å². The summed E-state index contributed by atoms with van der Waals surface area (Å²) in [5, 5.41) is 6.72. The molecule has 0 saturated heterocycles. The van der Waals surface area contributed by atoms with E-state index in [1.165, 1.54) is 11.1 Å². The lowest BCUT2D eigenvalue weighted by Crippen LogP contribution is -2.43. The van der Waals surface area contributed by atoms with E-state index >= 15 is 0 Å². The number of amides is 1. The summed E-state index contributed by atoms with van der Waals surface area (Å²) in [4.78, 5) is 18.7. The zero-order valence-electron chi connectivity index (χ0n) is 15.4. The minimum absolute atomic E-state index is 0. The van der Waals surface area contributed by atoms with E-state index in [2.05, 4.69) is 52.0 Å². The van der Waals surface area contributed by atoms with Crippen LogP contribution in [0.15, 0.2) is 41.4 Å². The zero-order chi connectivity index (χ0) is 17.5. The maximum absolute atomic E-state index is 12.4. The number of fused-ring (bicyclic) bond motifs is 1. The molecule has 1 amide bonds. The number of rotatable bonds is 5. The number of hydrogen-bond acceptors (Lipinski definition) is 2. The molecule has 6 heteroatoms. The third-order valence-corrected chi connectivity index (χ3v) is 4.92. The van der Waals surface area contributed by atoms with Crippen molar-refractivity contribution in [3.8, 4) is 0 Å². The number of benzene rings is 1. The molecule has 0 fully saturated rings. The summed E-state index contributed by atoms with van der Waals surface area (Å²) in [5.74, 6) is 1.08. The van der Waals surface area contributed by atoms with E-state index in [1.54, 1.807) is 7.05 Å². The number of aliphatic imine (C=N–C) groups is 1. The lowest BCUT2D eigenvalue weighted by atomic mass is 9.99. The van der Waals surface area contributed by atoms with E-state index in [4.69, 9.17) is 0 Å². The summed E-state index contributed by atoms with van der Waals surface area (Å²) in [6.45, 7) is 2.34. The second-order valence-electron chi connectivity index (χ2n) is 6.72. The Labute approximate surface area is 173 Å². The number of carbonyl (C=O) groups excluding carboxylic acids is 1. The highest BCUT2D eigenvalue weighted by Crippen LogP contribution is 2.19. The molecule has 0 unspecified atom stereocenters. The van der Waals surface area contributed by atoms with Gasteiger partial charge < -0.3 is 15.5 Å². The fraction of sp³-hybridized carbons (Fsp3) is 0.500. The number of nitrogens with one attached hydrogen (secondary N) is 2. The topological polar surface area (TPSA) is 56.7 Å². The van der Waals surface area contributed by atoms with Gasteiger partial charge in [0.05, 0.1) is 0 Å². The normalized spacial score (nSPS) is 16.8. The highest BCUT2D eigenvalue weighted by molar-refractivity contribution is 14.0. The van der Waals surface area contributed by atoms with Crippen LogP contribution in [0, 0.1) is 0 Å². The van der Waals surface area contributed by atoms with Gasteiger partial charge in [0.25, 0.3) is 0 Å². The Balaban J connectivity index is 0.00000243. The molecule has 0 atom stereocenters. The minimum Gasteiger partial charge on any atom is -0.356 e. The highest BCUT2D eigenvalue weighted by Gasteiger charge is 2.19. The van der Waals surface area contributed by atoms with E-state index < -0.39 is 0 Å². The van der Waals surface area contributed by atoms with E-state index in [-0.39, 0.29) is 29.9 Å². The van der Waals surface area contributed by atoms with E-state index in [0.717, 1.165) is 51.3 Å². The van der Waals surface area contributed by atoms with Crippen LogP contribution in [0.5, 0.6) is 0 Å². The SMILES string of the molecule is CN=C(NCCCC(=O)N1CCc2ccccc2C1)NC1CC=CC1.I. The van der Waals surface area contributed by atoms with E-state index in [0.29, 0.717) is 12.5 Å². The largest absolute Gasteiger partial charge is 0.356 e.